The summed E-state index contributed by atoms with van der Waals surface area (Å²) < 4.78 is 12.6. The van der Waals surface area contributed by atoms with Crippen molar-refractivity contribution in [3.8, 4) is 0 Å². The highest BCUT2D eigenvalue weighted by Crippen LogP contribution is 2.51. The van der Waals surface area contributed by atoms with E-state index in [-0.39, 0.29) is 5.91 Å². The third kappa shape index (κ3) is 3.30. The van der Waals surface area contributed by atoms with Gasteiger partial charge in [0, 0.05) is 18.9 Å². The minimum absolute atomic E-state index is 0.0538. The molecule has 1 fully saturated rings. The molecule has 0 aromatic heterocycles. The maximum absolute atomic E-state index is 13.7. The molecule has 0 unspecified atom stereocenters. The topological polar surface area (TPSA) is 38.8 Å². The van der Waals surface area contributed by atoms with E-state index in [4.69, 9.17) is 9.31 Å². The number of rotatable bonds is 3. The number of amides is 1. The van der Waals surface area contributed by atoms with Crippen LogP contribution in [-0.2, 0) is 14.1 Å². The van der Waals surface area contributed by atoms with Gasteiger partial charge in [-0.1, -0.05) is 54.6 Å². The maximum atomic E-state index is 13.7. The average molecular weight is 403 g/mol. The molecule has 2 aliphatic rings. The molecule has 4 rings (SSSR count). The Morgan fingerprint density at radius 3 is 2.10 bits per heavy atom. The first kappa shape index (κ1) is 20.9. The van der Waals surface area contributed by atoms with E-state index >= 15 is 0 Å². The van der Waals surface area contributed by atoms with Crippen molar-refractivity contribution in [2.24, 2.45) is 5.41 Å². The smallest absolute Gasteiger partial charge is 0.403 e. The number of fused-ring (bicyclic) bond motifs is 1. The molecule has 2 heterocycles. The van der Waals surface area contributed by atoms with E-state index in [9.17, 15) is 4.79 Å². The zero-order valence-corrected chi connectivity index (χ0v) is 18.7. The highest BCUT2D eigenvalue weighted by Gasteiger charge is 2.56. The molecule has 0 N–H and O–H groups in total. The number of benzene rings is 2. The Morgan fingerprint density at radius 2 is 1.47 bits per heavy atom. The molecule has 4 nitrogen and oxygen atoms in total. The lowest BCUT2D eigenvalue weighted by molar-refractivity contribution is -0.124. The second-order valence-corrected chi connectivity index (χ2v) is 9.57. The molecule has 156 valence electrons. The van der Waals surface area contributed by atoms with Crippen LogP contribution >= 0.6 is 0 Å². The van der Waals surface area contributed by atoms with Crippen LogP contribution in [0.25, 0.3) is 11.6 Å². The van der Waals surface area contributed by atoms with Gasteiger partial charge in [-0.15, -0.1) is 0 Å². The van der Waals surface area contributed by atoms with Gasteiger partial charge in [0.1, 0.15) is 0 Å². The van der Waals surface area contributed by atoms with Crippen molar-refractivity contribution in [2.75, 3.05) is 11.9 Å². The van der Waals surface area contributed by atoms with E-state index in [1.54, 1.807) is 4.90 Å². The minimum Gasteiger partial charge on any atom is -0.403 e. The number of anilines is 1. The van der Waals surface area contributed by atoms with Gasteiger partial charge in [-0.25, -0.2) is 0 Å². The van der Waals surface area contributed by atoms with Crippen LogP contribution in [-0.4, -0.2) is 31.3 Å². The largest absolute Gasteiger partial charge is 0.459 e. The van der Waals surface area contributed by atoms with Crippen molar-refractivity contribution < 1.29 is 14.1 Å². The van der Waals surface area contributed by atoms with Gasteiger partial charge in [0.25, 0.3) is 0 Å². The van der Waals surface area contributed by atoms with Crippen molar-refractivity contribution in [2.45, 2.75) is 52.1 Å². The van der Waals surface area contributed by atoms with Gasteiger partial charge in [0.2, 0.25) is 5.91 Å². The van der Waals surface area contributed by atoms with E-state index in [2.05, 4.69) is 24.3 Å². The van der Waals surface area contributed by atoms with Gasteiger partial charge < -0.3 is 14.2 Å². The summed E-state index contributed by atoms with van der Waals surface area (Å²) in [5.41, 5.74) is 2.43. The van der Waals surface area contributed by atoms with E-state index in [0.29, 0.717) is 6.32 Å². The van der Waals surface area contributed by atoms with Crippen LogP contribution in [0.1, 0.15) is 45.7 Å². The number of carbonyl (C=O) groups is 1. The average Bonchev–Trinajstić information content (AvgIpc) is 2.90. The molecule has 0 bridgehead atoms. The first-order valence-electron chi connectivity index (χ1n) is 10.6. The Morgan fingerprint density at radius 1 is 0.900 bits per heavy atom. The lowest BCUT2D eigenvalue weighted by Gasteiger charge is -2.41. The molecule has 2 aliphatic heterocycles. The second kappa shape index (κ2) is 7.10. The van der Waals surface area contributed by atoms with Gasteiger partial charge in [-0.05, 0) is 51.8 Å². The lowest BCUT2D eigenvalue weighted by atomic mass is 9.61. The Kier molecular flexibility index (Phi) is 4.95. The third-order valence-corrected chi connectivity index (χ3v) is 6.91. The highest BCUT2D eigenvalue weighted by molar-refractivity contribution is 6.47. The summed E-state index contributed by atoms with van der Waals surface area (Å²) in [5.74, 6) is 0.0538. The summed E-state index contributed by atoms with van der Waals surface area (Å²) >= 11 is 0. The summed E-state index contributed by atoms with van der Waals surface area (Å²) in [4.78, 5) is 15.5. The lowest BCUT2D eigenvalue weighted by Crippen LogP contribution is -2.47. The predicted octanol–water partition coefficient (Wildman–Crippen LogP) is 5.30. The van der Waals surface area contributed by atoms with Crippen molar-refractivity contribution in [3.63, 3.8) is 0 Å². The zero-order chi connectivity index (χ0) is 21.7. The first-order chi connectivity index (χ1) is 14.1. The quantitative estimate of drug-likeness (QED) is 0.653. The van der Waals surface area contributed by atoms with Crippen LogP contribution in [0.15, 0.2) is 54.6 Å². The molecule has 0 aliphatic carbocycles. The van der Waals surface area contributed by atoms with Crippen LogP contribution in [0.3, 0.4) is 0 Å². The fourth-order valence-corrected chi connectivity index (χ4v) is 4.42. The molecular formula is C25H30BNO3. The molecule has 1 saturated heterocycles. The molecule has 1 atom stereocenters. The Bertz CT molecular complexity index is 982. The summed E-state index contributed by atoms with van der Waals surface area (Å²) in [7, 11) is 1.39. The fourth-order valence-electron chi connectivity index (χ4n) is 4.42. The molecule has 1 amide bonds. The Labute approximate surface area is 180 Å². The van der Waals surface area contributed by atoms with Crippen LogP contribution in [0.4, 0.5) is 5.69 Å². The Balaban J connectivity index is 1.82. The number of carbonyl (C=O) groups excluding carboxylic acids is 1. The number of nitrogens with zero attached hydrogens (tertiary/aromatic N) is 1. The van der Waals surface area contributed by atoms with Gasteiger partial charge in [0.15, 0.2) is 0 Å². The monoisotopic (exact) mass is 403 g/mol. The van der Waals surface area contributed by atoms with E-state index in [1.807, 2.05) is 78.1 Å². The molecule has 5 heteroatoms. The molecule has 30 heavy (non-hydrogen) atoms. The zero-order valence-electron chi connectivity index (χ0n) is 18.7. The number of hydrogen-bond donors (Lipinski definition) is 0. The van der Waals surface area contributed by atoms with Crippen molar-refractivity contribution in [1.82, 2.24) is 0 Å². The number of hydrogen-bond acceptors (Lipinski definition) is 3. The molecule has 0 spiro atoms. The normalized spacial score (nSPS) is 26.2. The van der Waals surface area contributed by atoms with Gasteiger partial charge in [-0.3, -0.25) is 4.79 Å². The fraction of sp³-hybridized carbons (Fsp3) is 0.400. The van der Waals surface area contributed by atoms with E-state index in [0.717, 1.165) is 22.4 Å². The molecule has 2 aromatic carbocycles. The van der Waals surface area contributed by atoms with Gasteiger partial charge >= 0.3 is 7.12 Å². The summed E-state index contributed by atoms with van der Waals surface area (Å²) in [6.07, 6.45) is 2.59. The Hall–Kier alpha value is -2.37. The van der Waals surface area contributed by atoms with Crippen LogP contribution < -0.4 is 4.90 Å². The van der Waals surface area contributed by atoms with Crippen LogP contribution in [0.2, 0.25) is 6.32 Å². The molecule has 0 radical (unpaired) electrons. The third-order valence-electron chi connectivity index (χ3n) is 6.91. The van der Waals surface area contributed by atoms with Crippen molar-refractivity contribution in [1.29, 1.82) is 0 Å². The highest BCUT2D eigenvalue weighted by atomic mass is 16.7. The summed E-state index contributed by atoms with van der Waals surface area (Å²) in [5, 5.41) is 0. The summed E-state index contributed by atoms with van der Waals surface area (Å²) in [6.45, 7) is 10.2. The molecule has 2 aromatic rings. The predicted molar refractivity (Wildman–Crippen MR) is 123 cm³/mol. The van der Waals surface area contributed by atoms with Gasteiger partial charge in [0.05, 0.1) is 22.3 Å². The van der Waals surface area contributed by atoms with Crippen molar-refractivity contribution in [3.05, 3.63) is 65.7 Å². The SMILES string of the molecule is CN1C(=O)[C@@](C)(CB2OC(C)(C)C(C)(C)O2)/C(=C/c2ccccc2)c2ccccc21. The minimum atomic E-state index is -0.778. The first-order valence-corrected chi connectivity index (χ1v) is 10.6. The second-order valence-electron chi connectivity index (χ2n) is 9.57. The molecule has 0 saturated carbocycles. The van der Waals surface area contributed by atoms with Crippen molar-refractivity contribution >= 4 is 30.4 Å². The maximum Gasteiger partial charge on any atom is 0.459 e. The van der Waals surface area contributed by atoms with E-state index in [1.165, 1.54) is 0 Å². The molecular weight excluding hydrogens is 373 g/mol. The summed E-state index contributed by atoms with van der Waals surface area (Å²) in [6, 6.07) is 18.2. The van der Waals surface area contributed by atoms with Gasteiger partial charge in [-0.2, -0.15) is 0 Å². The van der Waals surface area contributed by atoms with Crippen LogP contribution in [0, 0.1) is 5.41 Å². The van der Waals surface area contributed by atoms with Crippen LogP contribution in [0.5, 0.6) is 0 Å². The number of para-hydroxylation sites is 1. The van der Waals surface area contributed by atoms with E-state index < -0.39 is 23.7 Å². The standard InChI is InChI=1S/C25H30BNO3/c1-23(2)24(3,4)30-26(29-23)17-25(5)20(16-18-12-8-7-9-13-18)19-14-10-11-15-21(19)27(6)22(25)28/h7-16H,17H2,1-6H3/b20-16+/t25-/m0/s1.